The zero-order chi connectivity index (χ0) is 27.0. The number of nitrogens with zero attached hydrogens (tertiary/aromatic N) is 3. The molecule has 2 heterocycles. The molecular weight excluding hydrogens is 597 g/mol. The van der Waals surface area contributed by atoms with Gasteiger partial charge in [-0.05, 0) is 35.8 Å². The van der Waals surface area contributed by atoms with Gasteiger partial charge in [0, 0.05) is 13.3 Å². The van der Waals surface area contributed by atoms with Crippen LogP contribution in [-0.4, -0.2) is 61.7 Å². The fourth-order valence-corrected chi connectivity index (χ4v) is 6.24. The van der Waals surface area contributed by atoms with Gasteiger partial charge in [-0.2, -0.15) is 9.98 Å². The lowest BCUT2D eigenvalue weighted by atomic mass is 10.1. The van der Waals surface area contributed by atoms with Crippen LogP contribution in [0.25, 0.3) is 0 Å². The molecular formula is C22H42IN5O5Si2. The Hall–Kier alpha value is -0.846. The number of hydrogen-bond acceptors (Lipinski definition) is 7. The van der Waals surface area contributed by atoms with Gasteiger partial charge in [-0.1, -0.05) is 63.3 Å². The molecule has 0 saturated carbocycles. The van der Waals surface area contributed by atoms with E-state index in [4.69, 9.17) is 29.8 Å². The van der Waals surface area contributed by atoms with Gasteiger partial charge in [-0.15, -0.1) is 0 Å². The Morgan fingerprint density at radius 3 is 2.23 bits per heavy atom. The summed E-state index contributed by atoms with van der Waals surface area (Å²) in [7, 11) is -0.450. The normalized spacial score (nSPS) is 25.3. The predicted molar refractivity (Wildman–Crippen MR) is 152 cm³/mol. The molecule has 1 fully saturated rings. The number of aromatic nitrogens is 2. The summed E-state index contributed by atoms with van der Waals surface area (Å²) in [5.74, 6) is -2.28. The molecule has 1 aliphatic heterocycles. The fourth-order valence-electron chi connectivity index (χ4n) is 3.19. The van der Waals surface area contributed by atoms with E-state index in [0.29, 0.717) is 6.61 Å². The van der Waals surface area contributed by atoms with E-state index in [1.165, 1.54) is 4.57 Å². The Bertz CT molecular complexity index is 970. The largest absolute Gasteiger partial charge is 0.414 e. The van der Waals surface area contributed by atoms with Gasteiger partial charge < -0.3 is 29.8 Å². The van der Waals surface area contributed by atoms with Crippen LogP contribution in [0, 0.1) is 0 Å². The first-order valence-corrected chi connectivity index (χ1v) is 20.1. The van der Waals surface area contributed by atoms with E-state index < -0.39 is 44.4 Å². The van der Waals surface area contributed by atoms with Crippen molar-refractivity contribution in [1.29, 1.82) is 0 Å². The molecule has 1 unspecified atom stereocenters. The lowest BCUT2D eigenvalue weighted by molar-refractivity contribution is -0.0612. The van der Waals surface area contributed by atoms with Crippen LogP contribution in [0.3, 0.4) is 0 Å². The van der Waals surface area contributed by atoms with Gasteiger partial charge in [0.2, 0.25) is 0 Å². The number of nitrogens with two attached hydrogens (primary N) is 2. The average Bonchev–Trinajstić information content (AvgIpc) is 3.00. The summed E-state index contributed by atoms with van der Waals surface area (Å²) in [4.78, 5) is 20.7. The summed E-state index contributed by atoms with van der Waals surface area (Å²) in [6.07, 6.45) is -0.571. The Kier molecular flexibility index (Phi) is 9.43. The Morgan fingerprint density at radius 1 is 1.17 bits per heavy atom. The quantitative estimate of drug-likeness (QED) is 0.144. The topological polar surface area (TPSA) is 136 Å². The number of methoxy groups -OCH3 is 1. The van der Waals surface area contributed by atoms with Crippen molar-refractivity contribution in [2.75, 3.05) is 13.7 Å². The van der Waals surface area contributed by atoms with Crippen LogP contribution >= 0.6 is 21.8 Å². The number of hydrogen-bond donors (Lipinski definition) is 2. The van der Waals surface area contributed by atoms with Crippen molar-refractivity contribution in [1.82, 2.24) is 9.55 Å². The summed E-state index contributed by atoms with van der Waals surface area (Å²) in [6, 6.07) is 1.55. The molecule has 2 rings (SSSR count). The molecule has 35 heavy (non-hydrogen) atoms. The zero-order valence-electron chi connectivity index (χ0n) is 22.6. The highest BCUT2D eigenvalue weighted by molar-refractivity contribution is 14.1. The van der Waals surface area contributed by atoms with E-state index in [2.05, 4.69) is 93.0 Å². The molecule has 1 aliphatic rings. The van der Waals surface area contributed by atoms with Gasteiger partial charge in [0.05, 0.1) is 6.61 Å². The highest BCUT2D eigenvalue weighted by Crippen LogP contribution is 2.46. The average molecular weight is 640 g/mol. The zero-order valence-corrected chi connectivity index (χ0v) is 26.7. The fraction of sp³-hybridized carbons (Fsp3) is 0.773. The smallest absolute Gasteiger partial charge is 0.351 e. The monoisotopic (exact) mass is 639 g/mol. The molecule has 0 amide bonds. The van der Waals surface area contributed by atoms with Crippen LogP contribution in [-0.2, 0) is 18.3 Å². The molecule has 1 aromatic rings. The minimum atomic E-state index is -2.24. The Balaban J connectivity index is 2.45. The Morgan fingerprint density at radius 2 is 1.77 bits per heavy atom. The van der Waals surface area contributed by atoms with Crippen molar-refractivity contribution >= 4 is 47.7 Å². The van der Waals surface area contributed by atoms with Crippen LogP contribution in [0.1, 0.15) is 47.8 Å². The molecule has 0 bridgehead atoms. The minimum Gasteiger partial charge on any atom is -0.414 e. The van der Waals surface area contributed by atoms with Crippen LogP contribution in [0.4, 0.5) is 5.82 Å². The molecule has 13 heteroatoms. The van der Waals surface area contributed by atoms with E-state index in [1.807, 2.05) is 0 Å². The Labute approximate surface area is 223 Å². The lowest BCUT2D eigenvalue weighted by Gasteiger charge is -2.40. The predicted octanol–water partition coefficient (Wildman–Crippen LogP) is 3.77. The van der Waals surface area contributed by atoms with Crippen molar-refractivity contribution in [3.05, 3.63) is 22.7 Å². The standard InChI is InChI=1S/C22H42IN5O5Si2/c1-21(2,3)34(8,9)31-13-14-16(33-35(10,23)22(4,5)6)17(30-7)18(32-14)28-12-11-15(26-19(24)25)27-20(28)29/h11-12,14,16-18H,13H2,1-10H3,(H4,24,25,26,27,29)/t14-,16+,17+,18-,35?/m1/s1. The van der Waals surface area contributed by atoms with Crippen LogP contribution in [0.5, 0.6) is 0 Å². The molecule has 4 N–H and O–H groups in total. The summed E-state index contributed by atoms with van der Waals surface area (Å²) in [6.45, 7) is 20.0. The molecule has 0 aromatic carbocycles. The van der Waals surface area contributed by atoms with Crippen molar-refractivity contribution < 1.29 is 18.3 Å². The van der Waals surface area contributed by atoms with Gasteiger partial charge in [0.25, 0.3) is 5.81 Å². The van der Waals surface area contributed by atoms with E-state index in [9.17, 15) is 4.79 Å². The second kappa shape index (κ2) is 10.9. The SMILES string of the molecule is CO[C@H]1[C@@H](O[Si](C)(I)C(C)(C)C)[C@@H](CO[Si](C)(C)C(C)(C)C)O[C@H]1n1ccc(N=C(N)N)nc1=O. The summed E-state index contributed by atoms with van der Waals surface area (Å²) < 4.78 is 27.1. The molecule has 1 saturated heterocycles. The molecule has 1 aromatic heterocycles. The number of ether oxygens (including phenoxy) is 2. The highest BCUT2D eigenvalue weighted by atomic mass is 127. The van der Waals surface area contributed by atoms with Crippen molar-refractivity contribution in [3.8, 4) is 0 Å². The van der Waals surface area contributed by atoms with Crippen LogP contribution < -0.4 is 17.2 Å². The maximum atomic E-state index is 12.9. The molecule has 0 spiro atoms. The molecule has 10 nitrogen and oxygen atoms in total. The third-order valence-corrected chi connectivity index (χ3v) is 20.5. The van der Waals surface area contributed by atoms with E-state index in [1.54, 1.807) is 19.4 Å². The number of rotatable bonds is 8. The van der Waals surface area contributed by atoms with E-state index in [-0.39, 0.29) is 21.9 Å². The highest BCUT2D eigenvalue weighted by Gasteiger charge is 2.53. The maximum Gasteiger partial charge on any atom is 0.351 e. The summed E-state index contributed by atoms with van der Waals surface area (Å²) in [5.41, 5.74) is 10.3. The second-order valence-electron chi connectivity index (χ2n) is 11.6. The first-order valence-electron chi connectivity index (χ1n) is 11.7. The van der Waals surface area contributed by atoms with Gasteiger partial charge in [0.1, 0.15) is 18.3 Å². The van der Waals surface area contributed by atoms with Crippen LogP contribution in [0.2, 0.25) is 29.7 Å². The van der Waals surface area contributed by atoms with Gasteiger partial charge in [-0.3, -0.25) is 4.57 Å². The number of halogens is 1. The molecule has 0 radical (unpaired) electrons. The van der Waals surface area contributed by atoms with Crippen molar-refractivity contribution in [2.24, 2.45) is 16.5 Å². The number of aliphatic imine (C=N–C) groups is 1. The van der Waals surface area contributed by atoms with Gasteiger partial charge in [-0.25, -0.2) is 4.79 Å². The number of guanidine groups is 1. The third kappa shape index (κ3) is 7.14. The van der Waals surface area contributed by atoms with Gasteiger partial charge in [0.15, 0.2) is 26.3 Å². The molecule has 0 aliphatic carbocycles. The maximum absolute atomic E-state index is 12.9. The summed E-state index contributed by atoms with van der Waals surface area (Å²) >= 11 is 2.46. The van der Waals surface area contributed by atoms with E-state index >= 15 is 0 Å². The summed E-state index contributed by atoms with van der Waals surface area (Å²) in [5, 5.41) is 0.0109. The molecule has 5 atom stereocenters. The van der Waals surface area contributed by atoms with Crippen molar-refractivity contribution in [3.63, 3.8) is 0 Å². The molecule has 200 valence electrons. The minimum absolute atomic E-state index is 0.0328. The first kappa shape index (κ1) is 30.4. The third-order valence-electron chi connectivity index (χ3n) is 7.00. The van der Waals surface area contributed by atoms with E-state index in [0.717, 1.165) is 0 Å². The van der Waals surface area contributed by atoms with Crippen molar-refractivity contribution in [2.45, 2.75) is 95.8 Å². The first-order chi connectivity index (χ1) is 15.8. The van der Waals surface area contributed by atoms with Gasteiger partial charge >= 0.3 is 5.69 Å². The van der Waals surface area contributed by atoms with Crippen LogP contribution in [0.15, 0.2) is 22.1 Å². The lowest BCUT2D eigenvalue weighted by Crippen LogP contribution is -2.50. The second-order valence-corrected chi connectivity index (χ2v) is 26.2.